The number of hydrogen-bond acceptors (Lipinski definition) is 2. The van der Waals surface area contributed by atoms with Crippen molar-refractivity contribution in [3.63, 3.8) is 0 Å². The topological polar surface area (TPSA) is 23.5 Å². The molecule has 0 aromatic rings. The Morgan fingerprint density at radius 2 is 2.21 bits per heavy atom. The van der Waals surface area contributed by atoms with Crippen molar-refractivity contribution < 1.29 is 19.4 Å². The molecule has 2 aliphatic heterocycles. The molecular formula is C10H15F2NO. The van der Waals surface area contributed by atoms with E-state index in [0.29, 0.717) is 0 Å². The van der Waals surface area contributed by atoms with Gasteiger partial charge in [-0.1, -0.05) is 0 Å². The van der Waals surface area contributed by atoms with E-state index in [9.17, 15) is 13.9 Å². The molecule has 2 atom stereocenters. The first-order chi connectivity index (χ1) is 7.96. The van der Waals surface area contributed by atoms with E-state index in [1.165, 1.54) is 0 Å². The summed E-state index contributed by atoms with van der Waals surface area (Å²) in [5.74, 6) is -2.86. The van der Waals surface area contributed by atoms with Crippen LogP contribution < -0.4 is 0 Å². The molecule has 1 N–H and O–H groups in total. The minimum absolute atomic E-state index is 0.0642. The van der Waals surface area contributed by atoms with Crippen LogP contribution >= 0.6 is 0 Å². The van der Waals surface area contributed by atoms with Crippen molar-refractivity contribution in [3.05, 3.63) is 0 Å². The molecule has 3 rings (SSSR count). The Bertz CT molecular complexity index is 413. The van der Waals surface area contributed by atoms with Gasteiger partial charge in [0.1, 0.15) is 0 Å². The fraction of sp³-hybridized carbons (Fsp3) is 1.00. The molecule has 2 nitrogen and oxygen atoms in total. The van der Waals surface area contributed by atoms with Crippen LogP contribution in [0.4, 0.5) is 8.78 Å². The van der Waals surface area contributed by atoms with Crippen LogP contribution in [0, 0.1) is 5.41 Å². The highest BCUT2D eigenvalue weighted by Gasteiger charge is 2.76. The fourth-order valence-electron chi connectivity index (χ4n) is 2.89. The largest absolute Gasteiger partial charge is 0.394 e. The van der Waals surface area contributed by atoms with Crippen molar-refractivity contribution in [1.29, 1.82) is 0 Å². The van der Waals surface area contributed by atoms with Crippen molar-refractivity contribution in [3.8, 4) is 0 Å². The smallest absolute Gasteiger partial charge is 0.255 e. The molecular weight excluding hydrogens is 188 g/mol. The maximum atomic E-state index is 13.5. The van der Waals surface area contributed by atoms with Gasteiger partial charge in [0.25, 0.3) is 5.92 Å². The summed E-state index contributed by atoms with van der Waals surface area (Å²) in [6.07, 6.45) is -0.365. The lowest BCUT2D eigenvalue weighted by Gasteiger charge is -2.29. The van der Waals surface area contributed by atoms with Gasteiger partial charge < -0.3 is 5.11 Å². The second-order valence-electron chi connectivity index (χ2n) is 4.73. The van der Waals surface area contributed by atoms with E-state index in [2.05, 4.69) is 0 Å². The van der Waals surface area contributed by atoms with E-state index in [1.807, 2.05) is 0 Å². The average molecular weight is 207 g/mol. The van der Waals surface area contributed by atoms with Gasteiger partial charge in [-0.05, 0) is 25.8 Å². The zero-order valence-corrected chi connectivity index (χ0v) is 7.69. The first kappa shape index (κ1) is 5.75. The second-order valence-corrected chi connectivity index (χ2v) is 4.73. The molecule has 1 saturated carbocycles. The number of aliphatic hydroxyl groups is 1. The third-order valence-corrected chi connectivity index (χ3v) is 3.87. The molecule has 1 spiro atoms. The van der Waals surface area contributed by atoms with E-state index in [-0.39, 0.29) is 32.2 Å². The van der Waals surface area contributed by atoms with Crippen LogP contribution in [0.2, 0.25) is 0 Å². The molecule has 0 bridgehead atoms. The Hall–Kier alpha value is -0.220. The van der Waals surface area contributed by atoms with Gasteiger partial charge in [-0.15, -0.1) is 0 Å². The van der Waals surface area contributed by atoms with Gasteiger partial charge in [-0.25, -0.2) is 8.78 Å². The maximum absolute atomic E-state index is 13.5. The Balaban J connectivity index is 2.02. The maximum Gasteiger partial charge on any atom is 0.255 e. The van der Waals surface area contributed by atoms with Gasteiger partial charge in [-0.2, -0.15) is 0 Å². The molecule has 0 unspecified atom stereocenters. The summed E-state index contributed by atoms with van der Waals surface area (Å²) in [6, 6.07) is 0. The van der Waals surface area contributed by atoms with Crippen LogP contribution in [0.3, 0.4) is 0 Å². The summed E-state index contributed by atoms with van der Waals surface area (Å²) in [5, 5.41) is 9.72. The quantitative estimate of drug-likeness (QED) is 0.699. The normalized spacial score (nSPS) is 58.8. The molecule has 0 radical (unpaired) electrons. The van der Waals surface area contributed by atoms with E-state index >= 15 is 0 Å². The Morgan fingerprint density at radius 1 is 1.50 bits per heavy atom. The van der Waals surface area contributed by atoms with Gasteiger partial charge in [0.15, 0.2) is 0 Å². The van der Waals surface area contributed by atoms with Crippen molar-refractivity contribution in [2.75, 3.05) is 19.6 Å². The summed E-state index contributed by atoms with van der Waals surface area (Å²) in [5.41, 5.74) is -2.84. The highest BCUT2D eigenvalue weighted by atomic mass is 19.3. The number of alkyl halides is 2. The minimum atomic E-state index is -2.86. The first-order valence-corrected chi connectivity index (χ1v) is 4.84. The third-order valence-electron chi connectivity index (χ3n) is 3.87. The predicted molar refractivity (Wildman–Crippen MR) is 47.2 cm³/mol. The molecule has 1 aliphatic carbocycles. The van der Waals surface area contributed by atoms with E-state index < -0.39 is 29.9 Å². The number of nitrogens with zero attached hydrogens (tertiary/aromatic N) is 1. The Kier molecular flexibility index (Phi) is 0.944. The number of fused-ring (bicyclic) bond motifs is 1. The second kappa shape index (κ2) is 2.30. The zero-order valence-electron chi connectivity index (χ0n) is 11.7. The molecule has 3 aliphatic rings. The highest BCUT2D eigenvalue weighted by molar-refractivity contribution is 5.21. The Morgan fingerprint density at radius 3 is 2.71 bits per heavy atom. The Labute approximate surface area is 87.5 Å². The summed E-state index contributed by atoms with van der Waals surface area (Å²) in [7, 11) is 0. The van der Waals surface area contributed by atoms with Crippen LogP contribution in [0.15, 0.2) is 0 Å². The van der Waals surface area contributed by atoms with E-state index in [4.69, 9.17) is 5.48 Å². The van der Waals surface area contributed by atoms with Crippen LogP contribution in [0.1, 0.15) is 31.2 Å². The number of rotatable bonds is 1. The lowest BCUT2D eigenvalue weighted by Crippen LogP contribution is -2.41. The van der Waals surface area contributed by atoms with E-state index in [0.717, 1.165) is 4.90 Å². The fourth-order valence-corrected chi connectivity index (χ4v) is 2.89. The number of hydrogen-bond donors (Lipinski definition) is 1. The highest BCUT2D eigenvalue weighted by Crippen LogP contribution is 2.69. The molecule has 0 aromatic heterocycles. The number of halogens is 2. The summed E-state index contributed by atoms with van der Waals surface area (Å²) >= 11 is 0. The van der Waals surface area contributed by atoms with Crippen LogP contribution in [0.5, 0.6) is 0 Å². The summed E-state index contributed by atoms with van der Waals surface area (Å²) in [4.78, 5) is 1.14. The summed E-state index contributed by atoms with van der Waals surface area (Å²) in [6.45, 7) is -4.66. The third kappa shape index (κ3) is 0.865. The van der Waals surface area contributed by atoms with Crippen molar-refractivity contribution in [2.24, 2.45) is 5.41 Å². The molecule has 2 saturated heterocycles. The van der Waals surface area contributed by atoms with Crippen molar-refractivity contribution in [1.82, 2.24) is 4.90 Å². The first-order valence-electron chi connectivity index (χ1n) is 6.84. The van der Waals surface area contributed by atoms with Crippen LogP contribution in [-0.4, -0.2) is 41.1 Å². The molecule has 3 fully saturated rings. The molecule has 80 valence electrons. The molecule has 4 heteroatoms. The SMILES string of the molecule is [2H]C1([2H])CC[C@@]2(C([2H])([2H])O)C[C@]3(CN12)CC3(F)F. The minimum Gasteiger partial charge on any atom is -0.394 e. The monoisotopic (exact) mass is 207 g/mol. The average Bonchev–Trinajstić information content (AvgIpc) is 2.51. The van der Waals surface area contributed by atoms with Crippen LogP contribution in [-0.2, 0) is 0 Å². The molecule has 0 amide bonds. The lowest BCUT2D eigenvalue weighted by atomic mass is 9.89. The van der Waals surface area contributed by atoms with Gasteiger partial charge >= 0.3 is 0 Å². The van der Waals surface area contributed by atoms with Gasteiger partial charge in [0.05, 0.1) is 14.7 Å². The lowest BCUT2D eigenvalue weighted by molar-refractivity contribution is 0.0644. The van der Waals surface area contributed by atoms with Gasteiger partial charge in [-0.3, -0.25) is 4.90 Å². The van der Waals surface area contributed by atoms with Crippen LogP contribution in [0.25, 0.3) is 0 Å². The molecule has 2 heterocycles. The molecule has 14 heavy (non-hydrogen) atoms. The molecule has 0 aromatic carbocycles. The van der Waals surface area contributed by atoms with Crippen molar-refractivity contribution in [2.45, 2.75) is 37.1 Å². The van der Waals surface area contributed by atoms with Gasteiger partial charge in [0, 0.05) is 21.2 Å². The summed E-state index contributed by atoms with van der Waals surface area (Å²) < 4.78 is 57.6. The predicted octanol–water partition coefficient (Wildman–Crippen LogP) is 1.24. The van der Waals surface area contributed by atoms with E-state index in [1.54, 1.807) is 0 Å². The zero-order chi connectivity index (χ0) is 13.6. The van der Waals surface area contributed by atoms with Crippen molar-refractivity contribution >= 4 is 0 Å². The van der Waals surface area contributed by atoms with Gasteiger partial charge in [0.2, 0.25) is 0 Å². The standard InChI is InChI=1S/C10H15F2NO/c11-10(12)5-8(10)4-9(7-14)2-1-3-13(9)6-8/h14H,1-7H2/t8-,9+/m1/s1/i3D2,7D2.